The highest BCUT2D eigenvalue weighted by Gasteiger charge is 2.31. The number of carboxylic acid groups (broad SMARTS) is 1. The number of hydrogen-bond acceptors (Lipinski definition) is 3. The van der Waals surface area contributed by atoms with E-state index in [9.17, 15) is 22.8 Å². The van der Waals surface area contributed by atoms with Crippen LogP contribution in [0.15, 0.2) is 29.2 Å². The van der Waals surface area contributed by atoms with Gasteiger partial charge in [-0.25, -0.2) is 0 Å². The van der Waals surface area contributed by atoms with Crippen LogP contribution in [-0.2, 0) is 15.8 Å². The molecule has 0 aliphatic carbocycles. The quantitative estimate of drug-likeness (QED) is 0.851. The molecule has 0 radical (unpaired) electrons. The zero-order valence-corrected chi connectivity index (χ0v) is 13.0. The number of alkyl halides is 3. The molecule has 1 N–H and O–H groups in total. The number of carbonyl (C=O) groups is 2. The van der Waals surface area contributed by atoms with Gasteiger partial charge in [0.2, 0.25) is 5.91 Å². The molecule has 2 rings (SSSR count). The maximum absolute atomic E-state index is 12.6. The first-order chi connectivity index (χ1) is 10.8. The number of thioether (sulfide) groups is 1. The van der Waals surface area contributed by atoms with E-state index in [1.54, 1.807) is 0 Å². The Labute approximate surface area is 135 Å². The summed E-state index contributed by atoms with van der Waals surface area (Å²) in [6.45, 7) is 0.656. The minimum absolute atomic E-state index is 0.00630. The second-order valence-corrected chi connectivity index (χ2v) is 6.38. The predicted octanol–water partition coefficient (Wildman–Crippen LogP) is 3.12. The number of nitrogens with zero attached hydrogens (tertiary/aromatic N) is 1. The van der Waals surface area contributed by atoms with Crippen molar-refractivity contribution >= 4 is 23.6 Å². The lowest BCUT2D eigenvalue weighted by molar-refractivity contribution is -0.145. The van der Waals surface area contributed by atoms with E-state index in [-0.39, 0.29) is 18.2 Å². The average Bonchev–Trinajstić information content (AvgIpc) is 2.52. The monoisotopic (exact) mass is 347 g/mol. The molecule has 126 valence electrons. The Hall–Kier alpha value is -1.70. The lowest BCUT2D eigenvalue weighted by atomic mass is 9.98. The number of carboxylic acids is 1. The van der Waals surface area contributed by atoms with Gasteiger partial charge in [0.15, 0.2) is 0 Å². The van der Waals surface area contributed by atoms with Crippen molar-refractivity contribution in [1.29, 1.82) is 0 Å². The van der Waals surface area contributed by atoms with Gasteiger partial charge >= 0.3 is 12.1 Å². The normalized spacial score (nSPS) is 18.7. The van der Waals surface area contributed by atoms with Gasteiger partial charge in [-0.3, -0.25) is 9.59 Å². The Balaban J connectivity index is 1.93. The molecule has 0 aromatic heterocycles. The second-order valence-electron chi connectivity index (χ2n) is 5.33. The third kappa shape index (κ3) is 4.89. The van der Waals surface area contributed by atoms with Crippen molar-refractivity contribution in [3.8, 4) is 0 Å². The maximum Gasteiger partial charge on any atom is 0.416 e. The van der Waals surface area contributed by atoms with Crippen LogP contribution in [0.3, 0.4) is 0 Å². The molecule has 1 fully saturated rings. The van der Waals surface area contributed by atoms with Crippen molar-refractivity contribution in [2.24, 2.45) is 5.92 Å². The number of hydrogen-bond donors (Lipinski definition) is 1. The molecule has 4 nitrogen and oxygen atoms in total. The summed E-state index contributed by atoms with van der Waals surface area (Å²) in [5.74, 6) is -1.74. The summed E-state index contributed by atoms with van der Waals surface area (Å²) >= 11 is 1.02. The van der Waals surface area contributed by atoms with Crippen LogP contribution in [0.5, 0.6) is 0 Å². The van der Waals surface area contributed by atoms with Crippen molar-refractivity contribution < 1.29 is 27.9 Å². The topological polar surface area (TPSA) is 57.6 Å². The molecule has 1 atom stereocenters. The first-order valence-corrected chi connectivity index (χ1v) is 8.06. The van der Waals surface area contributed by atoms with E-state index in [0.29, 0.717) is 24.3 Å². The van der Waals surface area contributed by atoms with Gasteiger partial charge in [0.1, 0.15) is 0 Å². The van der Waals surface area contributed by atoms with E-state index in [4.69, 9.17) is 5.11 Å². The number of likely N-dealkylation sites (tertiary alicyclic amines) is 1. The smallest absolute Gasteiger partial charge is 0.416 e. The number of aliphatic carboxylic acids is 1. The van der Waals surface area contributed by atoms with Crippen LogP contribution < -0.4 is 0 Å². The van der Waals surface area contributed by atoms with Gasteiger partial charge in [0.05, 0.1) is 17.2 Å². The van der Waals surface area contributed by atoms with Gasteiger partial charge in [-0.1, -0.05) is 6.07 Å². The maximum atomic E-state index is 12.6. The van der Waals surface area contributed by atoms with Crippen LogP contribution in [0.2, 0.25) is 0 Å². The lowest BCUT2D eigenvalue weighted by Gasteiger charge is -2.30. The molecule has 1 aliphatic rings. The number of rotatable bonds is 4. The van der Waals surface area contributed by atoms with Gasteiger partial charge in [-0.2, -0.15) is 13.2 Å². The van der Waals surface area contributed by atoms with Crippen LogP contribution in [0.25, 0.3) is 0 Å². The third-order valence-electron chi connectivity index (χ3n) is 3.65. The summed E-state index contributed by atoms with van der Waals surface area (Å²) in [5.41, 5.74) is -0.751. The lowest BCUT2D eigenvalue weighted by Crippen LogP contribution is -2.43. The van der Waals surface area contributed by atoms with Crippen LogP contribution in [0, 0.1) is 5.92 Å². The molecule has 0 bridgehead atoms. The Morgan fingerprint density at radius 2 is 2.09 bits per heavy atom. The average molecular weight is 347 g/mol. The second kappa shape index (κ2) is 7.25. The predicted molar refractivity (Wildman–Crippen MR) is 79.1 cm³/mol. The minimum Gasteiger partial charge on any atom is -0.481 e. The molecule has 1 heterocycles. The van der Waals surface area contributed by atoms with E-state index >= 15 is 0 Å². The molecular weight excluding hydrogens is 331 g/mol. The fraction of sp³-hybridized carbons (Fsp3) is 0.467. The Kier molecular flexibility index (Phi) is 5.56. The number of amides is 1. The third-order valence-corrected chi connectivity index (χ3v) is 4.63. The van der Waals surface area contributed by atoms with Gasteiger partial charge in [-0.15, -0.1) is 11.8 Å². The van der Waals surface area contributed by atoms with Crippen molar-refractivity contribution in [3.05, 3.63) is 29.8 Å². The zero-order valence-electron chi connectivity index (χ0n) is 12.2. The Morgan fingerprint density at radius 3 is 2.74 bits per heavy atom. The summed E-state index contributed by atoms with van der Waals surface area (Å²) in [6.07, 6.45) is -3.25. The number of piperidine rings is 1. The van der Waals surface area contributed by atoms with Crippen molar-refractivity contribution in [3.63, 3.8) is 0 Å². The fourth-order valence-electron chi connectivity index (χ4n) is 2.40. The standard InChI is InChI=1S/C15H16F3NO3S/c16-15(17,18)11-4-1-5-12(7-11)23-9-13(20)19-6-2-3-10(8-19)14(21)22/h1,4-5,7,10H,2-3,6,8-9H2,(H,21,22). The minimum atomic E-state index is -4.41. The molecule has 1 saturated heterocycles. The van der Waals surface area contributed by atoms with Gasteiger partial charge < -0.3 is 10.0 Å². The molecule has 1 unspecified atom stereocenters. The first-order valence-electron chi connectivity index (χ1n) is 7.08. The summed E-state index contributed by atoms with van der Waals surface area (Å²) in [7, 11) is 0. The summed E-state index contributed by atoms with van der Waals surface area (Å²) in [4.78, 5) is 24.9. The van der Waals surface area contributed by atoms with Crippen molar-refractivity contribution in [2.75, 3.05) is 18.8 Å². The van der Waals surface area contributed by atoms with Gasteiger partial charge in [0.25, 0.3) is 0 Å². The molecule has 1 aliphatic heterocycles. The molecule has 0 spiro atoms. The Morgan fingerprint density at radius 1 is 1.35 bits per heavy atom. The highest BCUT2D eigenvalue weighted by Crippen LogP contribution is 2.32. The van der Waals surface area contributed by atoms with E-state index < -0.39 is 23.6 Å². The van der Waals surface area contributed by atoms with E-state index in [0.717, 1.165) is 23.9 Å². The number of halogens is 3. The molecule has 0 saturated carbocycles. The van der Waals surface area contributed by atoms with Crippen LogP contribution in [0.4, 0.5) is 13.2 Å². The van der Waals surface area contributed by atoms with E-state index in [2.05, 4.69) is 0 Å². The highest BCUT2D eigenvalue weighted by atomic mass is 32.2. The van der Waals surface area contributed by atoms with Crippen LogP contribution in [-0.4, -0.2) is 40.7 Å². The number of carbonyl (C=O) groups excluding carboxylic acids is 1. The largest absolute Gasteiger partial charge is 0.481 e. The SMILES string of the molecule is O=C(O)C1CCCN(C(=O)CSc2cccc(C(F)(F)F)c2)C1. The number of benzene rings is 1. The molecule has 1 aromatic carbocycles. The van der Waals surface area contributed by atoms with Gasteiger partial charge in [0, 0.05) is 18.0 Å². The molecule has 23 heavy (non-hydrogen) atoms. The van der Waals surface area contributed by atoms with Crippen molar-refractivity contribution in [2.45, 2.75) is 23.9 Å². The molecule has 8 heteroatoms. The first kappa shape index (κ1) is 17.7. The van der Waals surface area contributed by atoms with Crippen LogP contribution in [0.1, 0.15) is 18.4 Å². The zero-order chi connectivity index (χ0) is 17.0. The van der Waals surface area contributed by atoms with Crippen LogP contribution >= 0.6 is 11.8 Å². The molecule has 1 amide bonds. The fourth-order valence-corrected chi connectivity index (χ4v) is 3.26. The molecular formula is C15H16F3NO3S. The van der Waals surface area contributed by atoms with E-state index in [1.165, 1.54) is 17.0 Å². The highest BCUT2D eigenvalue weighted by molar-refractivity contribution is 8.00. The Bertz CT molecular complexity index is 592. The van der Waals surface area contributed by atoms with Crippen molar-refractivity contribution in [1.82, 2.24) is 4.90 Å². The summed E-state index contributed by atoms with van der Waals surface area (Å²) in [5, 5.41) is 9.00. The summed E-state index contributed by atoms with van der Waals surface area (Å²) < 4.78 is 37.9. The molecule has 1 aromatic rings. The summed E-state index contributed by atoms with van der Waals surface area (Å²) in [6, 6.07) is 4.81. The van der Waals surface area contributed by atoms with E-state index in [1.807, 2.05) is 0 Å². The van der Waals surface area contributed by atoms with Gasteiger partial charge in [-0.05, 0) is 31.0 Å².